The minimum Gasteiger partial charge on any atom is -0.508 e. The van der Waals surface area contributed by atoms with Gasteiger partial charge in [-0.1, -0.05) is 0 Å². The Bertz CT molecular complexity index is 877. The van der Waals surface area contributed by atoms with Gasteiger partial charge < -0.3 is 19.3 Å². The van der Waals surface area contributed by atoms with Crippen LogP contribution in [-0.4, -0.2) is 48.1 Å². The van der Waals surface area contributed by atoms with Crippen LogP contribution in [0.1, 0.15) is 35.6 Å². The average Bonchev–Trinajstić information content (AvgIpc) is 2.60. The van der Waals surface area contributed by atoms with Gasteiger partial charge in [0.25, 0.3) is 0 Å². The maximum absolute atomic E-state index is 12.7. The van der Waals surface area contributed by atoms with Gasteiger partial charge in [0.1, 0.15) is 17.1 Å². The second-order valence-electron chi connectivity index (χ2n) is 6.95. The molecule has 1 aromatic carbocycles. The Morgan fingerprint density at radius 2 is 1.84 bits per heavy atom. The SMILES string of the molecule is Cc1c(C2CCN(C(=O)N(C)C)CC2)oc2c(C)c(O)ccc2c1=O. The molecule has 0 spiro atoms. The van der Waals surface area contributed by atoms with Crippen LogP contribution in [0.4, 0.5) is 4.79 Å². The lowest BCUT2D eigenvalue weighted by atomic mass is 9.91. The molecule has 2 aromatic rings. The van der Waals surface area contributed by atoms with Gasteiger partial charge in [0.15, 0.2) is 5.43 Å². The van der Waals surface area contributed by atoms with E-state index in [-0.39, 0.29) is 23.1 Å². The van der Waals surface area contributed by atoms with E-state index in [9.17, 15) is 14.7 Å². The number of phenolic OH excluding ortho intramolecular Hbond substituents is 1. The monoisotopic (exact) mass is 344 g/mol. The zero-order chi connectivity index (χ0) is 18.3. The Labute approximate surface area is 146 Å². The number of hydrogen-bond acceptors (Lipinski definition) is 4. The molecule has 2 amide bonds. The van der Waals surface area contributed by atoms with E-state index in [4.69, 9.17) is 4.42 Å². The highest BCUT2D eigenvalue weighted by Gasteiger charge is 2.28. The third-order valence-corrected chi connectivity index (χ3v) is 5.06. The van der Waals surface area contributed by atoms with Crippen molar-refractivity contribution >= 4 is 17.0 Å². The van der Waals surface area contributed by atoms with Gasteiger partial charge in [0.2, 0.25) is 0 Å². The first-order chi connectivity index (χ1) is 11.8. The topological polar surface area (TPSA) is 74.0 Å². The molecule has 25 heavy (non-hydrogen) atoms. The fourth-order valence-corrected chi connectivity index (χ4v) is 3.50. The van der Waals surface area contributed by atoms with Crippen LogP contribution in [0.3, 0.4) is 0 Å². The van der Waals surface area contributed by atoms with Gasteiger partial charge >= 0.3 is 6.03 Å². The Hall–Kier alpha value is -2.50. The molecule has 1 aliphatic heterocycles. The van der Waals surface area contributed by atoms with Crippen molar-refractivity contribution in [3.05, 3.63) is 39.2 Å². The lowest BCUT2D eigenvalue weighted by Crippen LogP contribution is -2.43. The summed E-state index contributed by atoms with van der Waals surface area (Å²) in [4.78, 5) is 28.2. The molecule has 0 unspecified atom stereocenters. The van der Waals surface area contributed by atoms with E-state index in [1.54, 1.807) is 38.9 Å². The van der Waals surface area contributed by atoms with Crippen molar-refractivity contribution in [2.45, 2.75) is 32.6 Å². The van der Waals surface area contributed by atoms with Gasteiger partial charge in [-0.15, -0.1) is 0 Å². The van der Waals surface area contributed by atoms with Gasteiger partial charge in [0, 0.05) is 44.2 Å². The van der Waals surface area contributed by atoms with E-state index in [0.717, 1.165) is 12.8 Å². The minimum absolute atomic E-state index is 0.0101. The highest BCUT2D eigenvalue weighted by atomic mass is 16.3. The average molecular weight is 344 g/mol. The first kappa shape index (κ1) is 17.3. The number of carbonyl (C=O) groups is 1. The number of aryl methyl sites for hydroxylation is 1. The predicted molar refractivity (Wildman–Crippen MR) is 96.3 cm³/mol. The molecule has 0 atom stereocenters. The number of amides is 2. The molecule has 1 N–H and O–H groups in total. The van der Waals surface area contributed by atoms with Gasteiger partial charge in [-0.2, -0.15) is 0 Å². The number of piperidine rings is 1. The summed E-state index contributed by atoms with van der Waals surface area (Å²) in [6.07, 6.45) is 1.51. The molecule has 0 aliphatic carbocycles. The number of carbonyl (C=O) groups excluding carboxylic acids is 1. The Balaban J connectivity index is 1.95. The summed E-state index contributed by atoms with van der Waals surface area (Å²) in [6.45, 7) is 4.82. The lowest BCUT2D eigenvalue weighted by molar-refractivity contribution is 0.154. The number of nitrogens with zero attached hydrogens (tertiary/aromatic N) is 2. The van der Waals surface area contributed by atoms with Crippen molar-refractivity contribution in [3.8, 4) is 5.75 Å². The van der Waals surface area contributed by atoms with Crippen LogP contribution in [0.25, 0.3) is 11.0 Å². The highest BCUT2D eigenvalue weighted by Crippen LogP contribution is 2.33. The molecule has 1 saturated heterocycles. The van der Waals surface area contributed by atoms with Crippen LogP contribution in [0.5, 0.6) is 5.75 Å². The van der Waals surface area contributed by atoms with Crippen LogP contribution in [0.15, 0.2) is 21.3 Å². The summed E-state index contributed by atoms with van der Waals surface area (Å²) in [7, 11) is 3.49. The fourth-order valence-electron chi connectivity index (χ4n) is 3.50. The van der Waals surface area contributed by atoms with Crippen LogP contribution in [-0.2, 0) is 0 Å². The number of phenols is 1. The number of urea groups is 1. The van der Waals surface area contributed by atoms with Crippen molar-refractivity contribution in [3.63, 3.8) is 0 Å². The first-order valence-electron chi connectivity index (χ1n) is 8.53. The third-order valence-electron chi connectivity index (χ3n) is 5.06. The maximum atomic E-state index is 12.7. The van der Waals surface area contributed by atoms with Crippen molar-refractivity contribution in [1.29, 1.82) is 0 Å². The van der Waals surface area contributed by atoms with Gasteiger partial charge in [-0.3, -0.25) is 4.79 Å². The Morgan fingerprint density at radius 1 is 1.20 bits per heavy atom. The number of fused-ring (bicyclic) bond motifs is 1. The van der Waals surface area contributed by atoms with Crippen LogP contribution >= 0.6 is 0 Å². The molecular weight excluding hydrogens is 320 g/mol. The number of aromatic hydroxyl groups is 1. The zero-order valence-electron chi connectivity index (χ0n) is 15.1. The van der Waals surface area contributed by atoms with Crippen molar-refractivity contribution in [1.82, 2.24) is 9.80 Å². The minimum atomic E-state index is -0.0499. The summed E-state index contributed by atoms with van der Waals surface area (Å²) in [5.41, 5.74) is 1.61. The predicted octanol–water partition coefficient (Wildman–Crippen LogP) is 2.98. The largest absolute Gasteiger partial charge is 0.508 e. The summed E-state index contributed by atoms with van der Waals surface area (Å²) in [5.74, 6) is 0.907. The first-order valence-corrected chi connectivity index (χ1v) is 8.53. The molecular formula is C19H24N2O4. The quantitative estimate of drug-likeness (QED) is 0.863. The van der Waals surface area contributed by atoms with Crippen LogP contribution < -0.4 is 5.43 Å². The standard InChI is InChI=1S/C19H24N2O4/c1-11-15(22)6-5-14-16(23)12(2)17(25-18(11)14)13-7-9-21(10-8-13)19(24)20(3)4/h5-6,13,22H,7-10H2,1-4H3. The van der Waals surface area contributed by atoms with E-state index in [2.05, 4.69) is 0 Å². The number of hydrogen-bond donors (Lipinski definition) is 1. The number of likely N-dealkylation sites (tertiary alicyclic amines) is 1. The lowest BCUT2D eigenvalue weighted by Gasteiger charge is -2.33. The molecule has 6 nitrogen and oxygen atoms in total. The molecule has 6 heteroatoms. The van der Waals surface area contributed by atoms with E-state index in [0.29, 0.717) is 40.9 Å². The molecule has 1 aliphatic rings. The molecule has 3 rings (SSSR count). The second kappa shape index (κ2) is 6.43. The summed E-state index contributed by atoms with van der Waals surface area (Å²) in [6, 6.07) is 3.15. The summed E-state index contributed by atoms with van der Waals surface area (Å²) in [5, 5.41) is 10.4. The van der Waals surface area contributed by atoms with Crippen molar-refractivity contribution in [2.75, 3.05) is 27.2 Å². The van der Waals surface area contributed by atoms with E-state index in [1.807, 2.05) is 4.90 Å². The molecule has 1 fully saturated rings. The molecule has 0 saturated carbocycles. The molecule has 1 aromatic heterocycles. The Morgan fingerprint density at radius 3 is 2.44 bits per heavy atom. The summed E-state index contributed by atoms with van der Waals surface area (Å²) >= 11 is 0. The normalized spacial score (nSPS) is 15.6. The van der Waals surface area contributed by atoms with E-state index < -0.39 is 0 Å². The van der Waals surface area contributed by atoms with Crippen LogP contribution in [0, 0.1) is 13.8 Å². The molecule has 0 radical (unpaired) electrons. The van der Waals surface area contributed by atoms with Crippen molar-refractivity contribution in [2.24, 2.45) is 0 Å². The second-order valence-corrected chi connectivity index (χ2v) is 6.95. The van der Waals surface area contributed by atoms with Crippen LogP contribution in [0.2, 0.25) is 0 Å². The maximum Gasteiger partial charge on any atom is 0.319 e. The number of benzene rings is 1. The number of rotatable bonds is 1. The van der Waals surface area contributed by atoms with Gasteiger partial charge in [0.05, 0.1) is 5.39 Å². The fraction of sp³-hybridized carbons (Fsp3) is 0.474. The smallest absolute Gasteiger partial charge is 0.319 e. The molecule has 2 heterocycles. The zero-order valence-corrected chi connectivity index (χ0v) is 15.1. The molecule has 134 valence electrons. The van der Waals surface area contributed by atoms with Crippen molar-refractivity contribution < 1.29 is 14.3 Å². The van der Waals surface area contributed by atoms with Gasteiger partial charge in [-0.25, -0.2) is 4.79 Å². The Kier molecular flexibility index (Phi) is 4.45. The van der Waals surface area contributed by atoms with E-state index in [1.165, 1.54) is 6.07 Å². The summed E-state index contributed by atoms with van der Waals surface area (Å²) < 4.78 is 6.09. The third kappa shape index (κ3) is 2.97. The molecule has 0 bridgehead atoms. The van der Waals surface area contributed by atoms with E-state index >= 15 is 0 Å². The van der Waals surface area contributed by atoms with Gasteiger partial charge in [-0.05, 0) is 38.8 Å². The highest BCUT2D eigenvalue weighted by molar-refractivity contribution is 5.82.